The predicted molar refractivity (Wildman–Crippen MR) is 63.5 cm³/mol. The van der Waals surface area contributed by atoms with Gasteiger partial charge in [0.25, 0.3) is 5.91 Å². The molecule has 17 heavy (non-hydrogen) atoms. The van der Waals surface area contributed by atoms with Crippen LogP contribution in [0.4, 0.5) is 0 Å². The Kier molecular flexibility index (Phi) is 3.04. The number of rotatable bonds is 3. The molecule has 0 fully saturated rings. The zero-order valence-electron chi connectivity index (χ0n) is 9.71. The Morgan fingerprint density at radius 1 is 1.18 bits per heavy atom. The first-order valence-corrected chi connectivity index (χ1v) is 5.46. The minimum Gasteiger partial charge on any atom is -0.491 e. The second-order valence-corrected chi connectivity index (χ2v) is 4.17. The van der Waals surface area contributed by atoms with E-state index in [1.54, 1.807) is 24.3 Å². The molecule has 0 radical (unpaired) electrons. The fourth-order valence-electron chi connectivity index (χ4n) is 1.72. The Labute approximate surface area is 99.3 Å². The maximum Gasteiger partial charge on any atom is 0.261 e. The quantitative estimate of drug-likeness (QED) is 0.744. The number of aliphatic imine (C=N–C) groups is 1. The van der Waals surface area contributed by atoms with E-state index < -0.39 is 11.8 Å². The molecule has 0 bridgehead atoms. The van der Waals surface area contributed by atoms with E-state index in [9.17, 15) is 9.59 Å². The highest BCUT2D eigenvalue weighted by molar-refractivity contribution is 6.41. The van der Waals surface area contributed by atoms with Gasteiger partial charge in [-0.1, -0.05) is 12.1 Å². The van der Waals surface area contributed by atoms with Crippen molar-refractivity contribution < 1.29 is 14.3 Å². The second-order valence-electron chi connectivity index (χ2n) is 4.17. The Morgan fingerprint density at radius 2 is 1.82 bits per heavy atom. The molecule has 0 aromatic heterocycles. The molecule has 1 aliphatic heterocycles. The number of nitrogens with zero attached hydrogens (tertiary/aromatic N) is 1. The topological polar surface area (TPSA) is 55.7 Å². The van der Waals surface area contributed by atoms with Crippen LogP contribution >= 0.6 is 0 Å². The fraction of sp³-hybridized carbons (Fsp3) is 0.308. The van der Waals surface area contributed by atoms with Crippen LogP contribution in [0.3, 0.4) is 0 Å². The number of ether oxygens (including phenoxy) is 1. The van der Waals surface area contributed by atoms with Crippen molar-refractivity contribution in [3.8, 4) is 5.75 Å². The molecular formula is C13H13NO3. The van der Waals surface area contributed by atoms with Crippen LogP contribution in [-0.2, 0) is 9.59 Å². The first-order chi connectivity index (χ1) is 8.08. The number of benzene rings is 1. The molecule has 1 heterocycles. The first kappa shape index (κ1) is 11.5. The molecule has 88 valence electrons. The SMILES string of the molecule is CC(C)Oc1ccc(C2C(=O)C=NC2=O)cc1. The Morgan fingerprint density at radius 3 is 2.29 bits per heavy atom. The molecule has 4 nitrogen and oxygen atoms in total. The summed E-state index contributed by atoms with van der Waals surface area (Å²) in [6.45, 7) is 3.87. The van der Waals surface area contributed by atoms with Crippen LogP contribution in [0.2, 0.25) is 0 Å². The van der Waals surface area contributed by atoms with Crippen molar-refractivity contribution in [2.45, 2.75) is 25.9 Å². The van der Waals surface area contributed by atoms with Gasteiger partial charge in [0, 0.05) is 0 Å². The zero-order chi connectivity index (χ0) is 12.4. The second kappa shape index (κ2) is 4.49. The van der Waals surface area contributed by atoms with Crippen LogP contribution in [0.1, 0.15) is 25.3 Å². The number of carbonyl (C=O) groups excluding carboxylic acids is 2. The van der Waals surface area contributed by atoms with Crippen LogP contribution in [0.25, 0.3) is 0 Å². The van der Waals surface area contributed by atoms with Crippen LogP contribution in [-0.4, -0.2) is 24.0 Å². The third-order valence-corrected chi connectivity index (χ3v) is 2.44. The van der Waals surface area contributed by atoms with Gasteiger partial charge in [0.1, 0.15) is 11.7 Å². The Bertz CT molecular complexity index is 456. The van der Waals surface area contributed by atoms with Crippen LogP contribution in [0, 0.1) is 0 Å². The molecule has 0 saturated carbocycles. The lowest BCUT2D eigenvalue weighted by atomic mass is 9.96. The monoisotopic (exact) mass is 231 g/mol. The number of hydrogen-bond acceptors (Lipinski definition) is 3. The number of Topliss-reactive ketones (excluding diaryl/α,β-unsaturated/α-hetero) is 1. The summed E-state index contributed by atoms with van der Waals surface area (Å²) in [4.78, 5) is 26.3. The summed E-state index contributed by atoms with van der Waals surface area (Å²) in [5.74, 6) is -0.689. The molecule has 1 unspecified atom stereocenters. The van der Waals surface area contributed by atoms with Gasteiger partial charge < -0.3 is 4.74 Å². The molecule has 1 atom stereocenters. The van der Waals surface area contributed by atoms with Gasteiger partial charge in [-0.15, -0.1) is 0 Å². The van der Waals surface area contributed by atoms with Crippen molar-refractivity contribution in [2.24, 2.45) is 4.99 Å². The smallest absolute Gasteiger partial charge is 0.261 e. The van der Waals surface area contributed by atoms with E-state index >= 15 is 0 Å². The lowest BCUT2D eigenvalue weighted by Gasteiger charge is -2.11. The molecule has 1 aromatic rings. The number of amides is 1. The minimum atomic E-state index is -0.761. The lowest BCUT2D eigenvalue weighted by Crippen LogP contribution is -2.14. The third-order valence-electron chi connectivity index (χ3n) is 2.44. The van der Waals surface area contributed by atoms with Crippen molar-refractivity contribution in [3.63, 3.8) is 0 Å². The molecule has 4 heteroatoms. The van der Waals surface area contributed by atoms with E-state index in [-0.39, 0.29) is 11.9 Å². The maximum atomic E-state index is 11.4. The van der Waals surface area contributed by atoms with Gasteiger partial charge >= 0.3 is 0 Å². The standard InChI is InChI=1S/C13H13NO3/c1-8(2)17-10-5-3-9(4-6-10)12-11(15)7-14-13(12)16/h3-8,12H,1-2H3. The summed E-state index contributed by atoms with van der Waals surface area (Å²) in [5.41, 5.74) is 0.661. The molecule has 2 rings (SSSR count). The van der Waals surface area contributed by atoms with Gasteiger partial charge in [0.05, 0.1) is 12.3 Å². The van der Waals surface area contributed by atoms with Crippen molar-refractivity contribution in [3.05, 3.63) is 29.8 Å². The number of hydrogen-bond donors (Lipinski definition) is 0. The summed E-state index contributed by atoms with van der Waals surface area (Å²) >= 11 is 0. The highest BCUT2D eigenvalue weighted by Crippen LogP contribution is 2.24. The van der Waals surface area contributed by atoms with E-state index in [0.717, 1.165) is 12.0 Å². The van der Waals surface area contributed by atoms with Gasteiger partial charge in [-0.05, 0) is 31.5 Å². The lowest BCUT2D eigenvalue weighted by molar-refractivity contribution is -0.123. The molecule has 0 saturated heterocycles. The molecule has 0 aliphatic carbocycles. The van der Waals surface area contributed by atoms with Gasteiger partial charge in [-0.25, -0.2) is 4.99 Å². The number of carbonyl (C=O) groups is 2. The van der Waals surface area contributed by atoms with Crippen molar-refractivity contribution in [2.75, 3.05) is 0 Å². The van der Waals surface area contributed by atoms with E-state index in [2.05, 4.69) is 4.99 Å². The Hall–Kier alpha value is -1.97. The average Bonchev–Trinajstić information content (AvgIpc) is 2.59. The summed E-state index contributed by atoms with van der Waals surface area (Å²) < 4.78 is 5.48. The van der Waals surface area contributed by atoms with Gasteiger partial charge in [0.2, 0.25) is 0 Å². The van der Waals surface area contributed by atoms with Crippen LogP contribution in [0.5, 0.6) is 5.75 Å². The van der Waals surface area contributed by atoms with E-state index in [4.69, 9.17) is 4.74 Å². The van der Waals surface area contributed by atoms with E-state index in [1.165, 1.54) is 0 Å². The molecule has 1 aliphatic rings. The molecule has 0 N–H and O–H groups in total. The van der Waals surface area contributed by atoms with E-state index in [1.807, 2.05) is 13.8 Å². The fourth-order valence-corrected chi connectivity index (χ4v) is 1.72. The summed E-state index contributed by atoms with van der Waals surface area (Å²) in [5, 5.41) is 0. The maximum absolute atomic E-state index is 11.4. The van der Waals surface area contributed by atoms with Crippen LogP contribution in [0.15, 0.2) is 29.3 Å². The Balaban J connectivity index is 2.18. The van der Waals surface area contributed by atoms with Gasteiger partial charge in [-0.2, -0.15) is 0 Å². The number of ketones is 1. The third kappa shape index (κ3) is 2.41. The molecular weight excluding hydrogens is 218 g/mol. The van der Waals surface area contributed by atoms with Crippen molar-refractivity contribution >= 4 is 17.9 Å². The average molecular weight is 231 g/mol. The molecule has 1 aromatic carbocycles. The predicted octanol–water partition coefficient (Wildman–Crippen LogP) is 1.74. The summed E-state index contributed by atoms with van der Waals surface area (Å²) in [7, 11) is 0. The molecule has 1 amide bonds. The first-order valence-electron chi connectivity index (χ1n) is 5.46. The van der Waals surface area contributed by atoms with E-state index in [0.29, 0.717) is 5.56 Å². The molecule has 0 spiro atoms. The van der Waals surface area contributed by atoms with Gasteiger partial charge in [0.15, 0.2) is 5.78 Å². The summed E-state index contributed by atoms with van der Waals surface area (Å²) in [6.07, 6.45) is 1.19. The summed E-state index contributed by atoms with van der Waals surface area (Å²) in [6, 6.07) is 6.97. The minimum absolute atomic E-state index is 0.0962. The van der Waals surface area contributed by atoms with Gasteiger partial charge in [-0.3, -0.25) is 9.59 Å². The normalized spacial score (nSPS) is 19.1. The van der Waals surface area contributed by atoms with Crippen molar-refractivity contribution in [1.29, 1.82) is 0 Å². The highest BCUT2D eigenvalue weighted by atomic mass is 16.5. The van der Waals surface area contributed by atoms with Crippen LogP contribution < -0.4 is 4.74 Å². The largest absolute Gasteiger partial charge is 0.491 e. The zero-order valence-corrected chi connectivity index (χ0v) is 9.71. The highest BCUT2D eigenvalue weighted by Gasteiger charge is 2.31. The van der Waals surface area contributed by atoms with Crippen molar-refractivity contribution in [1.82, 2.24) is 0 Å².